The molecule has 0 fully saturated rings. The normalized spacial score (nSPS) is 10.0. The molecule has 6 heteroatoms. The van der Waals surface area contributed by atoms with Gasteiger partial charge in [-0.05, 0) is 29.8 Å². The van der Waals surface area contributed by atoms with Gasteiger partial charge in [0.1, 0.15) is 11.5 Å². The van der Waals surface area contributed by atoms with Gasteiger partial charge in [0.25, 0.3) is 5.69 Å². The summed E-state index contributed by atoms with van der Waals surface area (Å²) in [5.41, 5.74) is 0.637. The maximum Gasteiger partial charge on any atom is 0.315 e. The highest BCUT2D eigenvalue weighted by atomic mass is 16.6. The van der Waals surface area contributed by atoms with Crippen LogP contribution in [0.3, 0.4) is 0 Å². The summed E-state index contributed by atoms with van der Waals surface area (Å²) in [6.45, 7) is 0. The maximum atomic E-state index is 11.7. The monoisotopic (exact) mass is 273 g/mol. The molecule has 0 aliphatic carbocycles. The lowest BCUT2D eigenvalue weighted by Crippen LogP contribution is -2.11. The lowest BCUT2D eigenvalue weighted by molar-refractivity contribution is -0.384. The van der Waals surface area contributed by atoms with Crippen molar-refractivity contribution in [3.8, 4) is 11.5 Å². The molecule has 6 nitrogen and oxygen atoms in total. The van der Waals surface area contributed by atoms with E-state index in [0.717, 1.165) is 0 Å². The topological polar surface area (TPSA) is 89.7 Å². The number of nitrogens with zero attached hydrogens (tertiary/aromatic N) is 1. The molecule has 0 aromatic heterocycles. The Morgan fingerprint density at radius 1 is 1.10 bits per heavy atom. The SMILES string of the molecule is O=C(Cc1ccc(O)cc1)Oc1ccc([N+](=O)[O-])cc1. The molecule has 2 rings (SSSR count). The predicted molar refractivity (Wildman–Crippen MR) is 70.5 cm³/mol. The molecule has 0 unspecified atom stereocenters. The highest BCUT2D eigenvalue weighted by Crippen LogP contribution is 2.18. The second kappa shape index (κ2) is 5.83. The minimum Gasteiger partial charge on any atom is -0.508 e. The number of esters is 1. The van der Waals surface area contributed by atoms with E-state index in [1.54, 1.807) is 12.1 Å². The molecule has 0 atom stereocenters. The Morgan fingerprint density at radius 2 is 1.70 bits per heavy atom. The van der Waals surface area contributed by atoms with Crippen molar-refractivity contribution >= 4 is 11.7 Å². The van der Waals surface area contributed by atoms with E-state index in [1.807, 2.05) is 0 Å². The number of carbonyl (C=O) groups excluding carboxylic acids is 1. The van der Waals surface area contributed by atoms with Crippen LogP contribution in [0.1, 0.15) is 5.56 Å². The molecule has 0 aliphatic heterocycles. The van der Waals surface area contributed by atoms with Crippen molar-refractivity contribution in [1.82, 2.24) is 0 Å². The quantitative estimate of drug-likeness (QED) is 0.400. The number of phenolic OH excluding ortho intramolecular Hbond substituents is 1. The van der Waals surface area contributed by atoms with Crippen molar-refractivity contribution in [2.45, 2.75) is 6.42 Å². The van der Waals surface area contributed by atoms with E-state index in [9.17, 15) is 14.9 Å². The Balaban J connectivity index is 1.97. The molecule has 0 aliphatic rings. The summed E-state index contributed by atoms with van der Waals surface area (Å²) in [7, 11) is 0. The summed E-state index contributed by atoms with van der Waals surface area (Å²) in [4.78, 5) is 21.6. The van der Waals surface area contributed by atoms with Crippen LogP contribution in [0.2, 0.25) is 0 Å². The standard InChI is InChI=1S/C14H11NO5/c16-12-5-1-10(2-6-12)9-14(17)20-13-7-3-11(4-8-13)15(18)19/h1-8,16H,9H2. The summed E-state index contributed by atoms with van der Waals surface area (Å²) < 4.78 is 5.06. The number of phenols is 1. The van der Waals surface area contributed by atoms with Crippen LogP contribution in [0.25, 0.3) is 0 Å². The lowest BCUT2D eigenvalue weighted by atomic mass is 10.1. The number of nitro groups is 1. The van der Waals surface area contributed by atoms with E-state index >= 15 is 0 Å². The van der Waals surface area contributed by atoms with Gasteiger partial charge in [-0.25, -0.2) is 0 Å². The Kier molecular flexibility index (Phi) is 3.95. The molecular weight excluding hydrogens is 262 g/mol. The Labute approximate surface area is 114 Å². The van der Waals surface area contributed by atoms with Gasteiger partial charge in [-0.1, -0.05) is 12.1 Å². The molecule has 0 spiro atoms. The number of aromatic hydroxyl groups is 1. The third-order valence-electron chi connectivity index (χ3n) is 2.56. The molecule has 0 saturated heterocycles. The summed E-state index contributed by atoms with van der Waals surface area (Å²) in [6, 6.07) is 11.5. The highest BCUT2D eigenvalue weighted by molar-refractivity contribution is 5.75. The number of benzene rings is 2. The number of non-ortho nitro benzene ring substituents is 1. The van der Waals surface area contributed by atoms with Crippen molar-refractivity contribution in [1.29, 1.82) is 0 Å². The smallest absolute Gasteiger partial charge is 0.315 e. The second-order valence-corrected chi connectivity index (χ2v) is 4.07. The van der Waals surface area contributed by atoms with Crippen molar-refractivity contribution in [3.05, 3.63) is 64.2 Å². The third-order valence-corrected chi connectivity index (χ3v) is 2.56. The van der Waals surface area contributed by atoms with E-state index < -0.39 is 10.9 Å². The average molecular weight is 273 g/mol. The van der Waals surface area contributed by atoms with Gasteiger partial charge in [-0.2, -0.15) is 0 Å². The van der Waals surface area contributed by atoms with Crippen molar-refractivity contribution in [2.24, 2.45) is 0 Å². The van der Waals surface area contributed by atoms with Gasteiger partial charge in [0.15, 0.2) is 0 Å². The molecule has 2 aromatic carbocycles. The molecular formula is C14H11NO5. The zero-order chi connectivity index (χ0) is 14.5. The molecule has 0 radical (unpaired) electrons. The van der Waals surface area contributed by atoms with E-state index in [2.05, 4.69) is 0 Å². The molecule has 1 N–H and O–H groups in total. The second-order valence-electron chi connectivity index (χ2n) is 4.07. The summed E-state index contributed by atoms with van der Waals surface area (Å²) in [6.07, 6.45) is 0.0528. The van der Waals surface area contributed by atoms with Crippen LogP contribution in [-0.2, 0) is 11.2 Å². The van der Waals surface area contributed by atoms with Gasteiger partial charge in [0.2, 0.25) is 0 Å². The number of hydrogen-bond donors (Lipinski definition) is 1. The number of carbonyl (C=O) groups is 1. The number of hydrogen-bond acceptors (Lipinski definition) is 5. The first-order chi connectivity index (χ1) is 9.54. The van der Waals surface area contributed by atoms with Gasteiger partial charge in [0.05, 0.1) is 11.3 Å². The maximum absolute atomic E-state index is 11.7. The van der Waals surface area contributed by atoms with E-state index in [4.69, 9.17) is 9.84 Å². The number of ether oxygens (including phenoxy) is 1. The van der Waals surface area contributed by atoms with Gasteiger partial charge >= 0.3 is 5.97 Å². The van der Waals surface area contributed by atoms with Crippen molar-refractivity contribution in [3.63, 3.8) is 0 Å². The van der Waals surface area contributed by atoms with Gasteiger partial charge < -0.3 is 9.84 Å². The fourth-order valence-electron chi connectivity index (χ4n) is 1.58. The number of nitro benzene ring substituents is 1. The van der Waals surface area contributed by atoms with Gasteiger partial charge in [0, 0.05) is 12.1 Å². The third kappa shape index (κ3) is 3.55. The van der Waals surface area contributed by atoms with Gasteiger partial charge in [-0.3, -0.25) is 14.9 Å². The average Bonchev–Trinajstić information content (AvgIpc) is 2.42. The van der Waals surface area contributed by atoms with Gasteiger partial charge in [-0.15, -0.1) is 0 Å². The number of rotatable bonds is 4. The summed E-state index contributed by atoms with van der Waals surface area (Å²) in [5, 5.41) is 19.6. The Bertz CT molecular complexity index is 619. The Morgan fingerprint density at radius 3 is 2.25 bits per heavy atom. The molecule has 102 valence electrons. The van der Waals surface area contributed by atoms with E-state index in [1.165, 1.54) is 36.4 Å². The van der Waals surface area contributed by atoms with E-state index in [-0.39, 0.29) is 23.6 Å². The fraction of sp³-hybridized carbons (Fsp3) is 0.0714. The molecule has 0 saturated carbocycles. The molecule has 2 aromatic rings. The van der Waals surface area contributed by atoms with Crippen LogP contribution in [0, 0.1) is 10.1 Å². The van der Waals surface area contributed by atoms with Crippen LogP contribution in [0.5, 0.6) is 11.5 Å². The van der Waals surface area contributed by atoms with Crippen LogP contribution in [-0.4, -0.2) is 16.0 Å². The first kappa shape index (κ1) is 13.5. The molecule has 0 amide bonds. The van der Waals surface area contributed by atoms with Crippen molar-refractivity contribution in [2.75, 3.05) is 0 Å². The minimum atomic E-state index is -0.526. The predicted octanol–water partition coefficient (Wildman–Crippen LogP) is 2.45. The first-order valence-electron chi connectivity index (χ1n) is 5.77. The largest absolute Gasteiger partial charge is 0.508 e. The van der Waals surface area contributed by atoms with Crippen LogP contribution in [0.15, 0.2) is 48.5 Å². The first-order valence-corrected chi connectivity index (χ1v) is 5.77. The Hall–Kier alpha value is -2.89. The minimum absolute atomic E-state index is 0.0528. The summed E-state index contributed by atoms with van der Waals surface area (Å²) in [5.74, 6) is -0.110. The zero-order valence-corrected chi connectivity index (χ0v) is 10.4. The molecule has 0 heterocycles. The highest BCUT2D eigenvalue weighted by Gasteiger charge is 2.09. The fourth-order valence-corrected chi connectivity index (χ4v) is 1.58. The van der Waals surface area contributed by atoms with Crippen LogP contribution in [0.4, 0.5) is 5.69 Å². The molecule has 0 bridgehead atoms. The van der Waals surface area contributed by atoms with Crippen LogP contribution < -0.4 is 4.74 Å². The summed E-state index contributed by atoms with van der Waals surface area (Å²) >= 11 is 0. The zero-order valence-electron chi connectivity index (χ0n) is 10.4. The van der Waals surface area contributed by atoms with E-state index in [0.29, 0.717) is 5.56 Å². The van der Waals surface area contributed by atoms with Crippen molar-refractivity contribution < 1.29 is 19.6 Å². The molecule has 20 heavy (non-hydrogen) atoms. The lowest BCUT2D eigenvalue weighted by Gasteiger charge is -2.04. The van der Waals surface area contributed by atoms with Crippen LogP contribution >= 0.6 is 0 Å².